The van der Waals surface area contributed by atoms with Gasteiger partial charge in [-0.15, -0.1) is 11.8 Å². The molecule has 2 heterocycles. The molecule has 3 rings (SSSR count). The number of hydrogen-bond donors (Lipinski definition) is 1. The monoisotopic (exact) mass is 358 g/mol. The van der Waals surface area contributed by atoms with E-state index >= 15 is 0 Å². The third-order valence-electron chi connectivity index (χ3n) is 4.29. The molecule has 1 aliphatic heterocycles. The fraction of sp³-hybridized carbons (Fsp3) is 0.389. The first-order valence-corrected chi connectivity index (χ1v) is 9.38. The third kappa shape index (κ3) is 4.29. The van der Waals surface area contributed by atoms with E-state index in [2.05, 4.69) is 21.8 Å². The Balaban J connectivity index is 1.69. The highest BCUT2D eigenvalue weighted by Gasteiger charge is 2.30. The van der Waals surface area contributed by atoms with Crippen molar-refractivity contribution in [2.75, 3.05) is 36.8 Å². The van der Waals surface area contributed by atoms with Crippen molar-refractivity contribution in [3.63, 3.8) is 0 Å². The summed E-state index contributed by atoms with van der Waals surface area (Å²) in [6.07, 6.45) is 5.08. The number of piperazine rings is 1. The van der Waals surface area contributed by atoms with Crippen LogP contribution >= 0.6 is 11.8 Å². The Morgan fingerprint density at radius 1 is 1.20 bits per heavy atom. The summed E-state index contributed by atoms with van der Waals surface area (Å²) in [5, 5.41) is 9.75. The van der Waals surface area contributed by atoms with Crippen molar-refractivity contribution >= 4 is 23.5 Å². The number of benzene rings is 1. The first-order chi connectivity index (χ1) is 12.2. The molecule has 1 N–H and O–H groups in total. The summed E-state index contributed by atoms with van der Waals surface area (Å²) in [6, 6.07) is 7.28. The predicted octanol–water partition coefficient (Wildman–Crippen LogP) is 2.54. The fourth-order valence-electron chi connectivity index (χ4n) is 3.09. The molecule has 6 nitrogen and oxygen atoms in total. The lowest BCUT2D eigenvalue weighted by Gasteiger charge is -2.38. The standard InChI is InChI=1S/C18H22N4O2S/c1-2-25-15-5-3-14(4-6-15)17(18(23)24)22-11-9-21(10-12-22)16-13-19-7-8-20-16/h3-8,13,17H,2,9-12H2,1H3,(H,23,24). The highest BCUT2D eigenvalue weighted by Crippen LogP contribution is 2.26. The molecule has 0 spiro atoms. The Morgan fingerprint density at radius 2 is 1.92 bits per heavy atom. The summed E-state index contributed by atoms with van der Waals surface area (Å²) in [5.41, 5.74) is 0.834. The van der Waals surface area contributed by atoms with Crippen LogP contribution in [0, 0.1) is 0 Å². The quantitative estimate of drug-likeness (QED) is 0.796. The topological polar surface area (TPSA) is 69.6 Å². The number of carbonyl (C=O) groups is 1. The second-order valence-corrected chi connectivity index (χ2v) is 7.17. The van der Waals surface area contributed by atoms with Gasteiger partial charge in [0.25, 0.3) is 0 Å². The molecule has 2 aromatic rings. The van der Waals surface area contributed by atoms with Crippen LogP contribution in [0.4, 0.5) is 5.82 Å². The number of anilines is 1. The Kier molecular flexibility index (Phi) is 5.88. The zero-order valence-electron chi connectivity index (χ0n) is 14.2. The van der Waals surface area contributed by atoms with E-state index in [-0.39, 0.29) is 0 Å². The minimum atomic E-state index is -0.802. The second kappa shape index (κ2) is 8.31. The average molecular weight is 358 g/mol. The summed E-state index contributed by atoms with van der Waals surface area (Å²) in [7, 11) is 0. The molecule has 1 saturated heterocycles. The van der Waals surface area contributed by atoms with Gasteiger partial charge in [0, 0.05) is 43.5 Å². The van der Waals surface area contributed by atoms with E-state index in [9.17, 15) is 9.90 Å². The highest BCUT2D eigenvalue weighted by atomic mass is 32.2. The van der Waals surface area contributed by atoms with E-state index < -0.39 is 12.0 Å². The highest BCUT2D eigenvalue weighted by molar-refractivity contribution is 7.99. The van der Waals surface area contributed by atoms with Crippen molar-refractivity contribution in [1.29, 1.82) is 0 Å². The Labute approximate surface area is 151 Å². The van der Waals surface area contributed by atoms with Crippen molar-refractivity contribution in [3.8, 4) is 0 Å². The van der Waals surface area contributed by atoms with Gasteiger partial charge in [0.1, 0.15) is 11.9 Å². The van der Waals surface area contributed by atoms with Gasteiger partial charge in [0.2, 0.25) is 0 Å². The Bertz CT molecular complexity index is 688. The van der Waals surface area contributed by atoms with E-state index in [1.54, 1.807) is 30.4 Å². The minimum Gasteiger partial charge on any atom is -0.480 e. The lowest BCUT2D eigenvalue weighted by molar-refractivity contribution is -0.143. The molecule has 0 radical (unpaired) electrons. The zero-order valence-corrected chi connectivity index (χ0v) is 15.0. The Hall–Kier alpha value is -2.12. The van der Waals surface area contributed by atoms with Crippen molar-refractivity contribution in [1.82, 2.24) is 14.9 Å². The van der Waals surface area contributed by atoms with Crippen LogP contribution in [-0.2, 0) is 4.79 Å². The molecule has 132 valence electrons. The van der Waals surface area contributed by atoms with Crippen LogP contribution in [0.2, 0.25) is 0 Å². The number of rotatable bonds is 6. The molecule has 1 atom stereocenters. The smallest absolute Gasteiger partial charge is 0.325 e. The molecule has 1 aliphatic rings. The van der Waals surface area contributed by atoms with Crippen molar-refractivity contribution in [2.24, 2.45) is 0 Å². The third-order valence-corrected chi connectivity index (χ3v) is 5.19. The second-order valence-electron chi connectivity index (χ2n) is 5.83. The number of thioether (sulfide) groups is 1. The summed E-state index contributed by atoms with van der Waals surface area (Å²) in [4.78, 5) is 25.6. The van der Waals surface area contributed by atoms with Crippen molar-refractivity contribution in [3.05, 3.63) is 48.4 Å². The summed E-state index contributed by atoms with van der Waals surface area (Å²) in [5.74, 6) is 1.05. The Morgan fingerprint density at radius 3 is 2.48 bits per heavy atom. The number of carboxylic acid groups (broad SMARTS) is 1. The maximum atomic E-state index is 11.9. The average Bonchev–Trinajstić information content (AvgIpc) is 2.65. The van der Waals surface area contributed by atoms with E-state index in [0.717, 1.165) is 30.2 Å². The summed E-state index contributed by atoms with van der Waals surface area (Å²) < 4.78 is 0. The molecule has 0 bridgehead atoms. The molecule has 0 amide bonds. The molecule has 1 fully saturated rings. The molecular formula is C18H22N4O2S. The van der Waals surface area contributed by atoms with Crippen LogP contribution in [0.3, 0.4) is 0 Å². The number of carboxylic acids is 1. The first kappa shape index (κ1) is 17.7. The number of aliphatic carboxylic acids is 1. The van der Waals surface area contributed by atoms with E-state index in [0.29, 0.717) is 13.1 Å². The summed E-state index contributed by atoms with van der Waals surface area (Å²) >= 11 is 1.76. The van der Waals surface area contributed by atoms with Gasteiger partial charge in [0.05, 0.1) is 6.20 Å². The van der Waals surface area contributed by atoms with Crippen LogP contribution in [0.5, 0.6) is 0 Å². The number of nitrogens with zero attached hydrogens (tertiary/aromatic N) is 4. The van der Waals surface area contributed by atoms with E-state index in [4.69, 9.17) is 0 Å². The van der Waals surface area contributed by atoms with Crippen LogP contribution < -0.4 is 4.90 Å². The van der Waals surface area contributed by atoms with Crippen LogP contribution in [0.25, 0.3) is 0 Å². The minimum absolute atomic E-state index is 0.607. The fourth-order valence-corrected chi connectivity index (χ4v) is 3.75. The number of aromatic nitrogens is 2. The lowest BCUT2D eigenvalue weighted by atomic mass is 10.0. The molecule has 1 unspecified atom stereocenters. The lowest BCUT2D eigenvalue weighted by Crippen LogP contribution is -2.49. The van der Waals surface area contributed by atoms with Gasteiger partial charge >= 0.3 is 5.97 Å². The molecule has 7 heteroatoms. The van der Waals surface area contributed by atoms with E-state index in [1.165, 1.54) is 4.90 Å². The SMILES string of the molecule is CCSc1ccc(C(C(=O)O)N2CCN(c3cnccn3)CC2)cc1. The van der Waals surface area contributed by atoms with Gasteiger partial charge in [-0.3, -0.25) is 14.7 Å². The normalized spacial score (nSPS) is 16.6. The molecule has 0 aliphatic carbocycles. The first-order valence-electron chi connectivity index (χ1n) is 8.39. The van der Waals surface area contributed by atoms with Crippen LogP contribution in [0.15, 0.2) is 47.8 Å². The van der Waals surface area contributed by atoms with Gasteiger partial charge in [-0.1, -0.05) is 19.1 Å². The van der Waals surface area contributed by atoms with Crippen LogP contribution in [-0.4, -0.2) is 57.9 Å². The van der Waals surface area contributed by atoms with E-state index in [1.807, 2.05) is 29.2 Å². The summed E-state index contributed by atoms with van der Waals surface area (Å²) in [6.45, 7) is 4.95. The number of hydrogen-bond acceptors (Lipinski definition) is 6. The molecule has 1 aromatic carbocycles. The van der Waals surface area contributed by atoms with Crippen LogP contribution in [0.1, 0.15) is 18.5 Å². The molecule has 1 aromatic heterocycles. The largest absolute Gasteiger partial charge is 0.480 e. The van der Waals surface area contributed by atoms with Gasteiger partial charge in [0.15, 0.2) is 0 Å². The van der Waals surface area contributed by atoms with Crippen molar-refractivity contribution in [2.45, 2.75) is 17.9 Å². The maximum absolute atomic E-state index is 11.9. The zero-order chi connectivity index (χ0) is 17.6. The maximum Gasteiger partial charge on any atom is 0.325 e. The van der Waals surface area contributed by atoms with Crippen molar-refractivity contribution < 1.29 is 9.90 Å². The van der Waals surface area contributed by atoms with Gasteiger partial charge in [-0.25, -0.2) is 4.98 Å². The van der Waals surface area contributed by atoms with Gasteiger partial charge in [-0.2, -0.15) is 0 Å². The molecule has 0 saturated carbocycles. The predicted molar refractivity (Wildman–Crippen MR) is 99.0 cm³/mol. The van der Waals surface area contributed by atoms with Gasteiger partial charge in [-0.05, 0) is 23.4 Å². The van der Waals surface area contributed by atoms with Gasteiger partial charge < -0.3 is 10.0 Å². The molecular weight excluding hydrogens is 336 g/mol. The molecule has 25 heavy (non-hydrogen) atoms.